The van der Waals surface area contributed by atoms with Gasteiger partial charge in [0.05, 0.1) is 12.4 Å². The topological polar surface area (TPSA) is 33.4 Å². The zero-order chi connectivity index (χ0) is 11.4. The molecule has 0 aliphatic carbocycles. The number of aromatic nitrogens is 2. The molecular weight excluding hydrogens is 200 g/mol. The summed E-state index contributed by atoms with van der Waals surface area (Å²) < 4.78 is 2.21. The molecule has 2 heterocycles. The molecule has 1 aromatic heterocycles. The van der Waals surface area contributed by atoms with E-state index in [2.05, 4.69) is 39.5 Å². The van der Waals surface area contributed by atoms with Crippen LogP contribution in [-0.2, 0) is 6.54 Å². The molecule has 1 aromatic rings. The minimum absolute atomic E-state index is 0.979. The third-order valence-electron chi connectivity index (χ3n) is 3.17. The van der Waals surface area contributed by atoms with Gasteiger partial charge < -0.3 is 9.47 Å². The normalized spacial score (nSPS) is 15.6. The molecule has 0 aromatic carbocycles. The highest BCUT2D eigenvalue weighted by Gasteiger charge is 2.10. The molecule has 0 unspecified atom stereocenters. The third kappa shape index (κ3) is 2.62. The van der Waals surface area contributed by atoms with Gasteiger partial charge in [-0.3, -0.25) is 4.99 Å². The van der Waals surface area contributed by atoms with Crippen molar-refractivity contribution < 1.29 is 0 Å². The fourth-order valence-electron chi connectivity index (χ4n) is 2.09. The van der Waals surface area contributed by atoms with Crippen LogP contribution in [0.2, 0.25) is 0 Å². The van der Waals surface area contributed by atoms with Gasteiger partial charge in [0.1, 0.15) is 5.82 Å². The van der Waals surface area contributed by atoms with Gasteiger partial charge in [0.2, 0.25) is 0 Å². The quantitative estimate of drug-likeness (QED) is 0.708. The van der Waals surface area contributed by atoms with Crippen molar-refractivity contribution in [3.8, 4) is 0 Å². The molecule has 2 rings (SSSR count). The summed E-state index contributed by atoms with van der Waals surface area (Å²) in [7, 11) is 0. The molecule has 0 atom stereocenters. The first-order valence-corrected chi connectivity index (χ1v) is 6.01. The maximum atomic E-state index is 4.39. The van der Waals surface area contributed by atoms with Gasteiger partial charge in [-0.15, -0.1) is 0 Å². The lowest BCUT2D eigenvalue weighted by atomic mass is 10.3. The number of aryl methyl sites for hydroxylation is 2. The van der Waals surface area contributed by atoms with E-state index < -0.39 is 0 Å². The molecule has 0 spiro atoms. The Labute approximate surface area is 97.0 Å². The molecule has 0 saturated heterocycles. The van der Waals surface area contributed by atoms with Crippen molar-refractivity contribution in [2.45, 2.75) is 33.2 Å². The van der Waals surface area contributed by atoms with Gasteiger partial charge in [-0.25, -0.2) is 4.98 Å². The first kappa shape index (κ1) is 11.2. The number of aliphatic imine (C=N–C) groups is 1. The second-order valence-electron chi connectivity index (χ2n) is 4.29. The fourth-order valence-corrected chi connectivity index (χ4v) is 2.09. The first-order chi connectivity index (χ1) is 7.77. The van der Waals surface area contributed by atoms with Gasteiger partial charge in [0, 0.05) is 32.0 Å². The van der Waals surface area contributed by atoms with Crippen molar-refractivity contribution in [2.24, 2.45) is 4.99 Å². The molecule has 0 bridgehead atoms. The molecule has 4 heteroatoms. The summed E-state index contributed by atoms with van der Waals surface area (Å²) in [6.45, 7) is 8.46. The second-order valence-corrected chi connectivity index (χ2v) is 4.29. The number of nitrogens with zero attached hydrogens (tertiary/aromatic N) is 4. The molecule has 0 radical (unpaired) electrons. The number of rotatable bonds is 5. The van der Waals surface area contributed by atoms with Crippen molar-refractivity contribution in [1.82, 2.24) is 14.5 Å². The van der Waals surface area contributed by atoms with E-state index in [1.165, 1.54) is 18.7 Å². The summed E-state index contributed by atoms with van der Waals surface area (Å²) in [5.74, 6) is 2.32. The lowest BCUT2D eigenvalue weighted by Gasteiger charge is -2.17. The molecular formula is C12H20N4. The third-order valence-corrected chi connectivity index (χ3v) is 3.17. The second kappa shape index (κ2) is 5.14. The lowest BCUT2D eigenvalue weighted by Crippen LogP contribution is -2.26. The van der Waals surface area contributed by atoms with Gasteiger partial charge in [-0.05, 0) is 26.7 Å². The van der Waals surface area contributed by atoms with Crippen LogP contribution in [0.1, 0.15) is 25.6 Å². The van der Waals surface area contributed by atoms with Crippen molar-refractivity contribution in [3.05, 3.63) is 18.2 Å². The van der Waals surface area contributed by atoms with Crippen LogP contribution in [0.25, 0.3) is 0 Å². The molecule has 4 nitrogen and oxygen atoms in total. The van der Waals surface area contributed by atoms with E-state index in [4.69, 9.17) is 0 Å². The minimum Gasteiger partial charge on any atom is -0.359 e. The number of hydrogen-bond acceptors (Lipinski definition) is 3. The fraction of sp³-hybridized carbons (Fsp3) is 0.667. The van der Waals surface area contributed by atoms with E-state index >= 15 is 0 Å². The van der Waals surface area contributed by atoms with Crippen molar-refractivity contribution in [3.63, 3.8) is 0 Å². The van der Waals surface area contributed by atoms with E-state index in [1.54, 1.807) is 0 Å². The van der Waals surface area contributed by atoms with Crippen LogP contribution in [-0.4, -0.2) is 39.9 Å². The van der Waals surface area contributed by atoms with E-state index in [1.807, 2.05) is 6.20 Å². The Kier molecular flexibility index (Phi) is 3.59. The van der Waals surface area contributed by atoms with Crippen LogP contribution < -0.4 is 0 Å². The van der Waals surface area contributed by atoms with E-state index in [0.29, 0.717) is 0 Å². The zero-order valence-electron chi connectivity index (χ0n) is 10.2. The Morgan fingerprint density at radius 2 is 2.06 bits per heavy atom. The van der Waals surface area contributed by atoms with Crippen LogP contribution in [0.4, 0.5) is 0 Å². The largest absolute Gasteiger partial charge is 0.359 e. The smallest absolute Gasteiger partial charge is 0.105 e. The van der Waals surface area contributed by atoms with Crippen molar-refractivity contribution in [2.75, 3.05) is 19.6 Å². The molecule has 1 aliphatic rings. The Morgan fingerprint density at radius 3 is 2.69 bits per heavy atom. The SMILES string of the molecule is CC1=NCCN1CCCCn1ccnc1C. The standard InChI is InChI=1S/C12H20N4/c1-11-13-5-9-15(11)7-3-4-8-16-10-6-14-12(16)2/h5,9H,3-4,6-8,10H2,1-2H3. The van der Waals surface area contributed by atoms with Crippen LogP contribution in [0, 0.1) is 6.92 Å². The molecule has 1 aliphatic heterocycles. The highest BCUT2D eigenvalue weighted by Crippen LogP contribution is 2.05. The summed E-state index contributed by atoms with van der Waals surface area (Å²) in [5, 5.41) is 0. The van der Waals surface area contributed by atoms with Crippen molar-refractivity contribution >= 4 is 5.84 Å². The summed E-state index contributed by atoms with van der Waals surface area (Å²) in [4.78, 5) is 11.0. The highest BCUT2D eigenvalue weighted by molar-refractivity contribution is 5.81. The highest BCUT2D eigenvalue weighted by atomic mass is 15.2. The minimum atomic E-state index is 0.979. The molecule has 0 fully saturated rings. The Morgan fingerprint density at radius 1 is 1.25 bits per heavy atom. The summed E-state index contributed by atoms with van der Waals surface area (Å²) in [6.07, 6.45) is 6.36. The number of hydrogen-bond donors (Lipinski definition) is 0. The van der Waals surface area contributed by atoms with E-state index in [9.17, 15) is 0 Å². The average molecular weight is 220 g/mol. The van der Waals surface area contributed by atoms with E-state index in [0.717, 1.165) is 32.0 Å². The van der Waals surface area contributed by atoms with E-state index in [-0.39, 0.29) is 0 Å². The summed E-state index contributed by atoms with van der Waals surface area (Å²) in [6, 6.07) is 0. The Bertz CT molecular complexity index is 367. The van der Waals surface area contributed by atoms with Gasteiger partial charge in [0.25, 0.3) is 0 Å². The van der Waals surface area contributed by atoms with Gasteiger partial charge in [-0.2, -0.15) is 0 Å². The van der Waals surface area contributed by atoms with Crippen LogP contribution >= 0.6 is 0 Å². The van der Waals surface area contributed by atoms with Gasteiger partial charge >= 0.3 is 0 Å². The monoisotopic (exact) mass is 220 g/mol. The lowest BCUT2D eigenvalue weighted by molar-refractivity contribution is 0.426. The zero-order valence-corrected chi connectivity index (χ0v) is 10.2. The average Bonchev–Trinajstić information content (AvgIpc) is 2.84. The number of unbranched alkanes of at least 4 members (excludes halogenated alkanes) is 1. The summed E-state index contributed by atoms with van der Waals surface area (Å²) in [5.41, 5.74) is 0. The maximum absolute atomic E-state index is 4.39. The van der Waals surface area contributed by atoms with Crippen LogP contribution in [0.3, 0.4) is 0 Å². The van der Waals surface area contributed by atoms with Crippen LogP contribution in [0.5, 0.6) is 0 Å². The first-order valence-electron chi connectivity index (χ1n) is 6.01. The maximum Gasteiger partial charge on any atom is 0.105 e. The molecule has 0 N–H and O–H groups in total. The molecule has 88 valence electrons. The predicted octanol–water partition coefficient (Wildman–Crippen LogP) is 1.71. The number of amidine groups is 1. The summed E-state index contributed by atoms with van der Waals surface area (Å²) >= 11 is 0. The molecule has 16 heavy (non-hydrogen) atoms. The van der Waals surface area contributed by atoms with Gasteiger partial charge in [-0.1, -0.05) is 0 Å². The molecule has 0 amide bonds. The Hall–Kier alpha value is -1.32. The van der Waals surface area contributed by atoms with Crippen molar-refractivity contribution in [1.29, 1.82) is 0 Å². The Balaban J connectivity index is 1.66. The molecule has 0 saturated carbocycles. The van der Waals surface area contributed by atoms with Gasteiger partial charge in [0.15, 0.2) is 0 Å². The number of imidazole rings is 1. The predicted molar refractivity (Wildman–Crippen MR) is 65.7 cm³/mol. The van der Waals surface area contributed by atoms with Crippen LogP contribution in [0.15, 0.2) is 17.4 Å².